The predicted molar refractivity (Wildman–Crippen MR) is 74.4 cm³/mol. The zero-order chi connectivity index (χ0) is 13.2. The van der Waals surface area contributed by atoms with E-state index in [1.54, 1.807) is 12.3 Å². The molecular weight excluding hydrogens is 264 g/mol. The highest BCUT2D eigenvalue weighted by Gasteiger charge is 2.09. The van der Waals surface area contributed by atoms with Crippen LogP contribution in [0.4, 0.5) is 10.7 Å². The van der Waals surface area contributed by atoms with E-state index in [-0.39, 0.29) is 9.92 Å². The van der Waals surface area contributed by atoms with Gasteiger partial charge in [-0.05, 0) is 24.3 Å². The Morgan fingerprint density at radius 2 is 2.26 bits per heavy atom. The molecule has 19 heavy (non-hydrogen) atoms. The second-order valence-electron chi connectivity index (χ2n) is 4.02. The third-order valence-electron chi connectivity index (χ3n) is 2.74. The van der Waals surface area contributed by atoms with E-state index in [1.807, 2.05) is 18.2 Å². The van der Waals surface area contributed by atoms with Gasteiger partial charge in [0.1, 0.15) is 0 Å². The molecule has 1 aromatic carbocycles. The second-order valence-corrected chi connectivity index (χ2v) is 5.17. The van der Waals surface area contributed by atoms with Crippen LogP contribution in [0.3, 0.4) is 0 Å². The van der Waals surface area contributed by atoms with Gasteiger partial charge in [0, 0.05) is 28.6 Å². The average molecular weight is 274 g/mol. The van der Waals surface area contributed by atoms with E-state index in [9.17, 15) is 10.1 Å². The Balaban J connectivity index is 1.72. The van der Waals surface area contributed by atoms with Gasteiger partial charge in [0.05, 0.1) is 16.6 Å². The van der Waals surface area contributed by atoms with Gasteiger partial charge in [0.25, 0.3) is 0 Å². The van der Waals surface area contributed by atoms with Gasteiger partial charge in [-0.15, -0.1) is 0 Å². The zero-order valence-corrected chi connectivity index (χ0v) is 10.6. The Bertz CT molecular complexity index is 734. The number of hydrogen-bond donors (Lipinski definition) is 2. The summed E-state index contributed by atoms with van der Waals surface area (Å²) in [6.07, 6.45) is 1.77. The average Bonchev–Trinajstić information content (AvgIpc) is 3.04. The minimum atomic E-state index is -0.370. The minimum Gasteiger partial charge on any atom is -0.380 e. The van der Waals surface area contributed by atoms with Crippen molar-refractivity contribution in [3.05, 3.63) is 51.5 Å². The van der Waals surface area contributed by atoms with Gasteiger partial charge in [-0.2, -0.15) is 5.10 Å². The molecule has 0 radical (unpaired) electrons. The van der Waals surface area contributed by atoms with Gasteiger partial charge in [-0.3, -0.25) is 15.2 Å². The van der Waals surface area contributed by atoms with Gasteiger partial charge in [0.2, 0.25) is 0 Å². The molecule has 96 valence electrons. The van der Waals surface area contributed by atoms with Crippen LogP contribution in [0.15, 0.2) is 36.5 Å². The van der Waals surface area contributed by atoms with E-state index in [0.717, 1.165) is 21.5 Å². The Morgan fingerprint density at radius 3 is 3.05 bits per heavy atom. The summed E-state index contributed by atoms with van der Waals surface area (Å²) in [7, 11) is 0. The van der Waals surface area contributed by atoms with Crippen LogP contribution < -0.4 is 5.32 Å². The standard InChI is InChI=1S/C12H10N4O2S/c17-16(18)12-4-3-10(19-12)7-13-9-2-1-8-6-14-15-11(8)5-9/h1-6,13H,7H2,(H,14,15). The molecule has 0 aliphatic heterocycles. The maximum Gasteiger partial charge on any atom is 0.324 e. The third-order valence-corrected chi connectivity index (χ3v) is 3.77. The third kappa shape index (κ3) is 2.41. The minimum absolute atomic E-state index is 0.167. The number of nitrogens with zero attached hydrogens (tertiary/aromatic N) is 2. The summed E-state index contributed by atoms with van der Waals surface area (Å²) in [5, 5.41) is 21.9. The van der Waals surface area contributed by atoms with Gasteiger partial charge >= 0.3 is 5.00 Å². The first kappa shape index (κ1) is 11.7. The Kier molecular flexibility index (Phi) is 2.88. The highest BCUT2D eigenvalue weighted by molar-refractivity contribution is 7.15. The van der Waals surface area contributed by atoms with Crippen molar-refractivity contribution in [2.24, 2.45) is 0 Å². The van der Waals surface area contributed by atoms with Gasteiger partial charge in [0.15, 0.2) is 0 Å². The number of anilines is 1. The summed E-state index contributed by atoms with van der Waals surface area (Å²) in [5.74, 6) is 0. The smallest absolute Gasteiger partial charge is 0.324 e. The van der Waals surface area contributed by atoms with Crippen LogP contribution in [0.25, 0.3) is 10.9 Å². The Labute approximate surface area is 112 Å². The van der Waals surface area contributed by atoms with Crippen LogP contribution in [0, 0.1) is 10.1 Å². The lowest BCUT2D eigenvalue weighted by Gasteiger charge is -2.04. The van der Waals surface area contributed by atoms with E-state index >= 15 is 0 Å². The van der Waals surface area contributed by atoms with E-state index in [1.165, 1.54) is 17.4 Å². The molecule has 2 N–H and O–H groups in total. The zero-order valence-electron chi connectivity index (χ0n) is 9.79. The number of nitrogens with one attached hydrogen (secondary N) is 2. The topological polar surface area (TPSA) is 83.8 Å². The summed E-state index contributed by atoms with van der Waals surface area (Å²) in [5.41, 5.74) is 1.91. The van der Waals surface area contributed by atoms with Gasteiger partial charge in [-0.1, -0.05) is 11.3 Å². The number of H-pyrrole nitrogens is 1. The number of benzene rings is 1. The van der Waals surface area contributed by atoms with Crippen molar-refractivity contribution in [2.45, 2.75) is 6.54 Å². The van der Waals surface area contributed by atoms with Crippen LogP contribution in [0.1, 0.15) is 4.88 Å². The molecule has 0 unspecified atom stereocenters. The first-order valence-electron chi connectivity index (χ1n) is 5.62. The largest absolute Gasteiger partial charge is 0.380 e. The normalized spacial score (nSPS) is 10.7. The summed E-state index contributed by atoms with van der Waals surface area (Å²) in [6.45, 7) is 0.568. The quantitative estimate of drug-likeness (QED) is 0.565. The molecule has 3 aromatic rings. The van der Waals surface area contributed by atoms with Crippen LogP contribution in [-0.2, 0) is 6.54 Å². The first-order chi connectivity index (χ1) is 9.22. The van der Waals surface area contributed by atoms with Crippen molar-refractivity contribution >= 4 is 32.9 Å². The Morgan fingerprint density at radius 1 is 1.37 bits per heavy atom. The maximum absolute atomic E-state index is 10.6. The number of fused-ring (bicyclic) bond motifs is 1. The molecule has 0 fully saturated rings. The monoisotopic (exact) mass is 274 g/mol. The molecule has 2 heterocycles. The molecule has 6 nitrogen and oxygen atoms in total. The highest BCUT2D eigenvalue weighted by Crippen LogP contribution is 2.25. The molecule has 3 rings (SSSR count). The molecule has 0 saturated carbocycles. The van der Waals surface area contributed by atoms with Crippen molar-refractivity contribution in [1.82, 2.24) is 10.2 Å². The molecule has 0 aliphatic carbocycles. The van der Waals surface area contributed by atoms with E-state index in [4.69, 9.17) is 0 Å². The van der Waals surface area contributed by atoms with Crippen LogP contribution in [0.2, 0.25) is 0 Å². The highest BCUT2D eigenvalue weighted by atomic mass is 32.1. The van der Waals surface area contributed by atoms with E-state index in [0.29, 0.717) is 6.54 Å². The Hall–Kier alpha value is -2.41. The van der Waals surface area contributed by atoms with Crippen molar-refractivity contribution in [3.63, 3.8) is 0 Å². The van der Waals surface area contributed by atoms with Crippen LogP contribution in [-0.4, -0.2) is 15.1 Å². The molecule has 0 aliphatic rings. The van der Waals surface area contributed by atoms with Gasteiger partial charge in [-0.25, -0.2) is 0 Å². The molecule has 0 amide bonds. The summed E-state index contributed by atoms with van der Waals surface area (Å²) in [4.78, 5) is 11.1. The second kappa shape index (κ2) is 4.69. The lowest BCUT2D eigenvalue weighted by molar-refractivity contribution is -0.380. The summed E-state index contributed by atoms with van der Waals surface area (Å²) in [6, 6.07) is 9.19. The molecule has 0 atom stereocenters. The molecule has 2 aromatic heterocycles. The number of rotatable bonds is 4. The lowest BCUT2D eigenvalue weighted by Crippen LogP contribution is -1.96. The maximum atomic E-state index is 10.6. The molecule has 0 bridgehead atoms. The van der Waals surface area contributed by atoms with Crippen molar-refractivity contribution in [3.8, 4) is 0 Å². The predicted octanol–water partition coefficient (Wildman–Crippen LogP) is 3.14. The van der Waals surface area contributed by atoms with Crippen molar-refractivity contribution in [1.29, 1.82) is 0 Å². The first-order valence-corrected chi connectivity index (χ1v) is 6.44. The van der Waals surface area contributed by atoms with Crippen LogP contribution in [0.5, 0.6) is 0 Å². The molecule has 0 spiro atoms. The van der Waals surface area contributed by atoms with Gasteiger partial charge < -0.3 is 5.32 Å². The SMILES string of the molecule is O=[N+]([O-])c1ccc(CNc2ccc3cn[nH]c3c2)s1. The number of aromatic amines is 1. The van der Waals surface area contributed by atoms with E-state index in [2.05, 4.69) is 15.5 Å². The summed E-state index contributed by atoms with van der Waals surface area (Å²) < 4.78 is 0. The van der Waals surface area contributed by atoms with E-state index < -0.39 is 0 Å². The van der Waals surface area contributed by atoms with Crippen molar-refractivity contribution in [2.75, 3.05) is 5.32 Å². The molecular formula is C12H10N4O2S. The fourth-order valence-electron chi connectivity index (χ4n) is 1.80. The van der Waals surface area contributed by atoms with Crippen LogP contribution >= 0.6 is 11.3 Å². The fourth-order valence-corrected chi connectivity index (χ4v) is 2.56. The number of nitro groups is 1. The number of hydrogen-bond acceptors (Lipinski definition) is 5. The number of aromatic nitrogens is 2. The lowest BCUT2D eigenvalue weighted by atomic mass is 10.2. The number of thiophene rings is 1. The van der Waals surface area contributed by atoms with Crippen molar-refractivity contribution < 1.29 is 4.92 Å². The summed E-state index contributed by atoms with van der Waals surface area (Å²) >= 11 is 1.18. The molecule has 7 heteroatoms. The molecule has 0 saturated heterocycles. The fraction of sp³-hybridized carbons (Fsp3) is 0.0833.